The fourth-order valence-corrected chi connectivity index (χ4v) is 1.52. The van der Waals surface area contributed by atoms with E-state index in [4.69, 9.17) is 17.0 Å². The second-order valence-corrected chi connectivity index (χ2v) is 3.98. The molecule has 0 saturated heterocycles. The lowest BCUT2D eigenvalue weighted by Gasteiger charge is -2.11. The predicted octanol–water partition coefficient (Wildman–Crippen LogP) is 2.10. The molecule has 0 saturated carbocycles. The number of hydrogen-bond donors (Lipinski definition) is 2. The van der Waals surface area contributed by atoms with Gasteiger partial charge in [0.05, 0.1) is 11.4 Å². The molecule has 0 fully saturated rings. The summed E-state index contributed by atoms with van der Waals surface area (Å²) in [7, 11) is 0. The van der Waals surface area contributed by atoms with Crippen molar-refractivity contribution in [3.05, 3.63) is 24.0 Å². The highest BCUT2D eigenvalue weighted by Gasteiger charge is 2.00. The smallest absolute Gasteiger partial charge is 0.170 e. The van der Waals surface area contributed by atoms with Gasteiger partial charge in [0.1, 0.15) is 0 Å². The van der Waals surface area contributed by atoms with Crippen LogP contribution in [-0.4, -0.2) is 29.9 Å². The Bertz CT molecular complexity index is 357. The van der Waals surface area contributed by atoms with Crippen molar-refractivity contribution in [3.63, 3.8) is 0 Å². The molecule has 0 radical (unpaired) electrons. The molecule has 2 N–H and O–H groups in total. The van der Waals surface area contributed by atoms with E-state index >= 15 is 0 Å². The van der Waals surface area contributed by atoms with Crippen molar-refractivity contribution in [2.24, 2.45) is 0 Å². The van der Waals surface area contributed by atoms with Crippen LogP contribution in [0.3, 0.4) is 0 Å². The Hall–Kier alpha value is -1.20. The Morgan fingerprint density at radius 2 is 2.35 bits per heavy atom. The Morgan fingerprint density at radius 3 is 3.06 bits per heavy atom. The maximum atomic E-state index is 5.24. The molecule has 0 aliphatic carbocycles. The van der Waals surface area contributed by atoms with E-state index in [-0.39, 0.29) is 0 Å². The Labute approximate surface area is 108 Å². The molecule has 0 atom stereocenters. The van der Waals surface area contributed by atoms with Gasteiger partial charge in [0.15, 0.2) is 5.11 Å². The third-order valence-electron chi connectivity index (χ3n) is 2.21. The van der Waals surface area contributed by atoms with Crippen molar-refractivity contribution in [1.29, 1.82) is 0 Å². The van der Waals surface area contributed by atoms with E-state index in [2.05, 4.69) is 15.6 Å². The lowest BCUT2D eigenvalue weighted by molar-refractivity contribution is 0.146. The first kappa shape index (κ1) is 13.9. The molecule has 0 aliphatic rings. The predicted molar refractivity (Wildman–Crippen MR) is 74.3 cm³/mol. The minimum Gasteiger partial charge on any atom is -0.382 e. The van der Waals surface area contributed by atoms with Crippen LogP contribution in [0.15, 0.2) is 18.3 Å². The van der Waals surface area contributed by atoms with Crippen molar-refractivity contribution >= 4 is 23.0 Å². The summed E-state index contributed by atoms with van der Waals surface area (Å²) < 4.78 is 5.24. The first-order valence-electron chi connectivity index (χ1n) is 5.78. The van der Waals surface area contributed by atoms with Crippen molar-refractivity contribution in [2.45, 2.75) is 20.3 Å². The van der Waals surface area contributed by atoms with Crippen LogP contribution in [-0.2, 0) is 4.74 Å². The average Bonchev–Trinajstić information content (AvgIpc) is 2.32. The first-order chi connectivity index (χ1) is 8.24. The van der Waals surface area contributed by atoms with Crippen molar-refractivity contribution in [2.75, 3.05) is 25.1 Å². The fourth-order valence-electron chi connectivity index (χ4n) is 1.30. The van der Waals surface area contributed by atoms with Gasteiger partial charge in [-0.25, -0.2) is 0 Å². The maximum Gasteiger partial charge on any atom is 0.170 e. The first-order valence-corrected chi connectivity index (χ1v) is 6.19. The second kappa shape index (κ2) is 7.97. The zero-order valence-electron chi connectivity index (χ0n) is 10.3. The third kappa shape index (κ3) is 5.60. The highest BCUT2D eigenvalue weighted by atomic mass is 32.1. The maximum absolute atomic E-state index is 5.24. The lowest BCUT2D eigenvalue weighted by Crippen LogP contribution is -2.30. The minimum absolute atomic E-state index is 0.623. The summed E-state index contributed by atoms with van der Waals surface area (Å²) in [6.07, 6.45) is 2.71. The van der Waals surface area contributed by atoms with Crippen molar-refractivity contribution < 1.29 is 4.74 Å². The normalized spacial score (nSPS) is 10.0. The van der Waals surface area contributed by atoms with Gasteiger partial charge in [-0.15, -0.1) is 0 Å². The molecule has 1 aromatic heterocycles. The summed E-state index contributed by atoms with van der Waals surface area (Å²) in [6, 6.07) is 3.84. The number of anilines is 1. The topological polar surface area (TPSA) is 46.2 Å². The fraction of sp³-hybridized carbons (Fsp3) is 0.500. The summed E-state index contributed by atoms with van der Waals surface area (Å²) >= 11 is 5.18. The Kier molecular flexibility index (Phi) is 6.50. The molecule has 4 nitrogen and oxygen atoms in total. The van der Waals surface area contributed by atoms with Crippen LogP contribution in [0.1, 0.15) is 19.0 Å². The van der Waals surface area contributed by atoms with Crippen molar-refractivity contribution in [3.8, 4) is 0 Å². The lowest BCUT2D eigenvalue weighted by atomic mass is 10.3. The van der Waals surface area contributed by atoms with Gasteiger partial charge < -0.3 is 15.4 Å². The minimum atomic E-state index is 0.623. The van der Waals surface area contributed by atoms with E-state index in [0.717, 1.165) is 37.6 Å². The van der Waals surface area contributed by atoms with Gasteiger partial charge in [0.2, 0.25) is 0 Å². The molecule has 0 aromatic carbocycles. The molecule has 1 aromatic rings. The summed E-state index contributed by atoms with van der Waals surface area (Å²) in [4.78, 5) is 4.18. The summed E-state index contributed by atoms with van der Waals surface area (Å²) in [5.41, 5.74) is 1.88. The standard InChI is InChI=1S/C12H19N3OS/c1-3-16-9-5-8-14-12(17)15-11-6-4-7-13-10(11)2/h4,6-7H,3,5,8-9H2,1-2H3,(H2,14,15,17). The summed E-state index contributed by atoms with van der Waals surface area (Å²) in [5, 5.41) is 6.87. The second-order valence-electron chi connectivity index (χ2n) is 3.57. The van der Waals surface area contributed by atoms with Gasteiger partial charge in [-0.3, -0.25) is 4.98 Å². The van der Waals surface area contributed by atoms with Gasteiger partial charge in [-0.1, -0.05) is 0 Å². The molecular weight excluding hydrogens is 234 g/mol. The zero-order chi connectivity index (χ0) is 12.5. The van der Waals surface area contributed by atoms with Gasteiger partial charge in [-0.2, -0.15) is 0 Å². The highest BCUT2D eigenvalue weighted by molar-refractivity contribution is 7.80. The van der Waals surface area contributed by atoms with Gasteiger partial charge >= 0.3 is 0 Å². The van der Waals surface area contributed by atoms with Gasteiger partial charge in [0.25, 0.3) is 0 Å². The van der Waals surface area contributed by atoms with Crippen LogP contribution in [0.25, 0.3) is 0 Å². The molecule has 17 heavy (non-hydrogen) atoms. The number of hydrogen-bond acceptors (Lipinski definition) is 3. The monoisotopic (exact) mass is 253 g/mol. The largest absolute Gasteiger partial charge is 0.382 e. The molecule has 1 rings (SSSR count). The van der Waals surface area contributed by atoms with Crippen LogP contribution in [0.4, 0.5) is 5.69 Å². The van der Waals surface area contributed by atoms with Crippen LogP contribution in [0, 0.1) is 6.92 Å². The van der Waals surface area contributed by atoms with E-state index in [1.165, 1.54) is 0 Å². The molecule has 0 bridgehead atoms. The Balaban J connectivity index is 2.23. The number of nitrogens with zero attached hydrogens (tertiary/aromatic N) is 1. The summed E-state index contributed by atoms with van der Waals surface area (Å²) in [6.45, 7) is 6.27. The highest BCUT2D eigenvalue weighted by Crippen LogP contribution is 2.09. The van der Waals surface area contributed by atoms with E-state index in [9.17, 15) is 0 Å². The van der Waals surface area contributed by atoms with Crippen LogP contribution >= 0.6 is 12.2 Å². The molecule has 0 spiro atoms. The Morgan fingerprint density at radius 1 is 1.53 bits per heavy atom. The number of thiocarbonyl (C=S) groups is 1. The van der Waals surface area contributed by atoms with E-state index < -0.39 is 0 Å². The average molecular weight is 253 g/mol. The number of ether oxygens (including phenoxy) is 1. The quantitative estimate of drug-likeness (QED) is 0.600. The van der Waals surface area contributed by atoms with Crippen molar-refractivity contribution in [1.82, 2.24) is 10.3 Å². The molecule has 0 amide bonds. The number of aromatic nitrogens is 1. The third-order valence-corrected chi connectivity index (χ3v) is 2.46. The summed E-state index contributed by atoms with van der Waals surface area (Å²) in [5.74, 6) is 0. The van der Waals surface area contributed by atoms with Gasteiger partial charge in [-0.05, 0) is 44.6 Å². The molecule has 5 heteroatoms. The van der Waals surface area contributed by atoms with E-state index in [0.29, 0.717) is 5.11 Å². The van der Waals surface area contributed by atoms with Crippen LogP contribution in [0.2, 0.25) is 0 Å². The molecule has 0 unspecified atom stereocenters. The number of rotatable bonds is 6. The SMILES string of the molecule is CCOCCCNC(=S)Nc1cccnc1C. The molecule has 1 heterocycles. The molecular formula is C12H19N3OS. The van der Waals surface area contributed by atoms with E-state index in [1.54, 1.807) is 6.20 Å². The molecule has 94 valence electrons. The van der Waals surface area contributed by atoms with Crippen LogP contribution < -0.4 is 10.6 Å². The van der Waals surface area contributed by atoms with Crippen LogP contribution in [0.5, 0.6) is 0 Å². The number of nitrogens with one attached hydrogen (secondary N) is 2. The zero-order valence-corrected chi connectivity index (χ0v) is 11.1. The van der Waals surface area contributed by atoms with Gasteiger partial charge in [0, 0.05) is 26.0 Å². The van der Waals surface area contributed by atoms with E-state index in [1.807, 2.05) is 26.0 Å². The number of pyridine rings is 1. The number of aryl methyl sites for hydroxylation is 1. The molecule has 0 aliphatic heterocycles.